The van der Waals surface area contributed by atoms with Crippen LogP contribution in [0.1, 0.15) is 36.2 Å². The van der Waals surface area contributed by atoms with Gasteiger partial charge in [0.2, 0.25) is 0 Å². The number of anilines is 1. The number of nitrogens with one attached hydrogen (secondary N) is 1. The van der Waals surface area contributed by atoms with E-state index in [1.165, 1.54) is 0 Å². The molecule has 0 aliphatic carbocycles. The summed E-state index contributed by atoms with van der Waals surface area (Å²) in [6.45, 7) is 6.95. The van der Waals surface area contributed by atoms with Gasteiger partial charge in [0.05, 0.1) is 11.3 Å². The number of carboxylic acids is 1. The fourth-order valence-corrected chi connectivity index (χ4v) is 2.29. The maximum absolute atomic E-state index is 11.2. The predicted molar refractivity (Wildman–Crippen MR) is 73.8 cm³/mol. The third kappa shape index (κ3) is 4.04. The molecule has 1 aromatic rings. The van der Waals surface area contributed by atoms with Crippen LogP contribution in [0.4, 0.5) is 5.69 Å². The minimum Gasteiger partial charge on any atom is -0.478 e. The Kier molecular flexibility index (Phi) is 5.00. The van der Waals surface area contributed by atoms with Crippen molar-refractivity contribution in [3.8, 4) is 0 Å². The molecule has 0 unspecified atom stereocenters. The van der Waals surface area contributed by atoms with Gasteiger partial charge in [-0.25, -0.2) is 4.79 Å². The lowest BCUT2D eigenvalue weighted by molar-refractivity contribution is 0.0697. The van der Waals surface area contributed by atoms with Crippen molar-refractivity contribution < 1.29 is 9.90 Å². The summed E-state index contributed by atoms with van der Waals surface area (Å²) < 4.78 is 0.804. The summed E-state index contributed by atoms with van der Waals surface area (Å²) in [4.78, 5) is 11.2. The summed E-state index contributed by atoms with van der Waals surface area (Å²) in [5.41, 5.74) is 1.92. The number of halogens is 1. The summed E-state index contributed by atoms with van der Waals surface area (Å²) in [5, 5.41) is 12.4. The highest BCUT2D eigenvalue weighted by atomic mass is 79.9. The summed E-state index contributed by atoms with van der Waals surface area (Å²) in [7, 11) is 0. The molecule has 2 N–H and O–H groups in total. The number of carboxylic acid groups (broad SMARTS) is 1. The predicted octanol–water partition coefficient (Wildman–Crippen LogP) is 3.91. The Labute approximate surface area is 110 Å². The van der Waals surface area contributed by atoms with E-state index < -0.39 is 5.97 Å². The first-order valence-electron chi connectivity index (χ1n) is 5.69. The molecule has 0 aliphatic heterocycles. The van der Waals surface area contributed by atoms with Crippen LogP contribution in [0.5, 0.6) is 0 Å². The summed E-state index contributed by atoms with van der Waals surface area (Å²) in [5.74, 6) is -0.304. The molecule has 0 saturated carbocycles. The molecule has 0 heterocycles. The second-order valence-electron chi connectivity index (χ2n) is 4.58. The molecule has 3 nitrogen and oxygen atoms in total. The van der Waals surface area contributed by atoms with Crippen LogP contribution in [0, 0.1) is 12.8 Å². The van der Waals surface area contributed by atoms with Gasteiger partial charge in [0, 0.05) is 11.0 Å². The Balaban J connectivity index is 2.92. The van der Waals surface area contributed by atoms with E-state index in [0.29, 0.717) is 17.2 Å². The van der Waals surface area contributed by atoms with Crippen molar-refractivity contribution in [3.05, 3.63) is 27.7 Å². The van der Waals surface area contributed by atoms with Gasteiger partial charge in [-0.1, -0.05) is 13.8 Å². The van der Waals surface area contributed by atoms with Gasteiger partial charge in [-0.3, -0.25) is 0 Å². The van der Waals surface area contributed by atoms with Crippen LogP contribution in [0.3, 0.4) is 0 Å². The number of aromatic carboxylic acids is 1. The number of hydrogen-bond donors (Lipinski definition) is 2. The van der Waals surface area contributed by atoms with E-state index >= 15 is 0 Å². The minimum absolute atomic E-state index is 0.320. The molecular weight excluding hydrogens is 282 g/mol. The first-order chi connectivity index (χ1) is 7.91. The molecule has 0 bridgehead atoms. The zero-order valence-corrected chi connectivity index (χ0v) is 12.0. The van der Waals surface area contributed by atoms with E-state index in [2.05, 4.69) is 35.1 Å². The molecule has 4 heteroatoms. The average molecular weight is 300 g/mol. The quantitative estimate of drug-likeness (QED) is 0.866. The molecule has 0 saturated heterocycles. The lowest BCUT2D eigenvalue weighted by Gasteiger charge is -2.13. The highest BCUT2D eigenvalue weighted by molar-refractivity contribution is 9.10. The molecule has 0 radical (unpaired) electrons. The largest absolute Gasteiger partial charge is 0.478 e. The molecule has 0 aliphatic rings. The molecule has 0 fully saturated rings. The van der Waals surface area contributed by atoms with E-state index in [0.717, 1.165) is 23.0 Å². The van der Waals surface area contributed by atoms with Crippen LogP contribution in [0.25, 0.3) is 0 Å². The fourth-order valence-electron chi connectivity index (χ4n) is 1.58. The second kappa shape index (κ2) is 6.05. The van der Waals surface area contributed by atoms with Crippen LogP contribution in [-0.2, 0) is 0 Å². The molecule has 1 aromatic carbocycles. The summed E-state index contributed by atoms with van der Waals surface area (Å²) >= 11 is 3.41. The average Bonchev–Trinajstić information content (AvgIpc) is 2.19. The van der Waals surface area contributed by atoms with Crippen molar-refractivity contribution >= 4 is 27.6 Å². The maximum atomic E-state index is 11.2. The molecule has 17 heavy (non-hydrogen) atoms. The zero-order chi connectivity index (χ0) is 13.0. The Morgan fingerprint density at radius 1 is 1.47 bits per heavy atom. The number of hydrogen-bond acceptors (Lipinski definition) is 2. The molecule has 0 spiro atoms. The van der Waals surface area contributed by atoms with Gasteiger partial charge in [0.1, 0.15) is 0 Å². The molecule has 0 atom stereocenters. The van der Waals surface area contributed by atoms with Crippen molar-refractivity contribution in [2.45, 2.75) is 27.2 Å². The second-order valence-corrected chi connectivity index (χ2v) is 5.44. The number of rotatable bonds is 5. The lowest BCUT2D eigenvalue weighted by Crippen LogP contribution is -2.10. The van der Waals surface area contributed by atoms with Crippen molar-refractivity contribution in [1.82, 2.24) is 0 Å². The van der Waals surface area contributed by atoms with Gasteiger partial charge in [-0.2, -0.15) is 0 Å². The van der Waals surface area contributed by atoms with Crippen LogP contribution in [0.2, 0.25) is 0 Å². The number of carbonyl (C=O) groups is 1. The Morgan fingerprint density at radius 3 is 2.65 bits per heavy atom. The van der Waals surface area contributed by atoms with Gasteiger partial charge >= 0.3 is 5.97 Å². The van der Waals surface area contributed by atoms with E-state index in [4.69, 9.17) is 5.11 Å². The Hall–Kier alpha value is -1.03. The summed E-state index contributed by atoms with van der Waals surface area (Å²) in [6.07, 6.45) is 1.01. The Morgan fingerprint density at radius 2 is 2.12 bits per heavy atom. The third-order valence-electron chi connectivity index (χ3n) is 2.49. The van der Waals surface area contributed by atoms with Crippen molar-refractivity contribution in [2.24, 2.45) is 5.92 Å². The van der Waals surface area contributed by atoms with Crippen molar-refractivity contribution in [1.29, 1.82) is 0 Å². The van der Waals surface area contributed by atoms with Gasteiger partial charge in [0.25, 0.3) is 0 Å². The number of benzene rings is 1. The van der Waals surface area contributed by atoms with E-state index in [-0.39, 0.29) is 0 Å². The zero-order valence-electron chi connectivity index (χ0n) is 10.4. The minimum atomic E-state index is -0.901. The molecular formula is C13H18BrNO2. The molecule has 0 aromatic heterocycles. The monoisotopic (exact) mass is 299 g/mol. The lowest BCUT2D eigenvalue weighted by atomic mass is 10.1. The maximum Gasteiger partial charge on any atom is 0.337 e. The highest BCUT2D eigenvalue weighted by Gasteiger charge is 2.13. The van der Waals surface area contributed by atoms with Gasteiger partial charge in [-0.15, -0.1) is 0 Å². The van der Waals surface area contributed by atoms with E-state index in [1.54, 1.807) is 6.07 Å². The standard InChI is InChI=1S/C13H18BrNO2/c1-8(2)4-5-15-12-10(13(16)17)6-9(3)7-11(12)14/h6-8,15H,4-5H2,1-3H3,(H,16,17). The fraction of sp³-hybridized carbons (Fsp3) is 0.462. The molecule has 0 amide bonds. The van der Waals surface area contributed by atoms with Crippen molar-refractivity contribution in [2.75, 3.05) is 11.9 Å². The third-order valence-corrected chi connectivity index (χ3v) is 3.11. The normalized spacial score (nSPS) is 10.6. The SMILES string of the molecule is Cc1cc(Br)c(NCCC(C)C)c(C(=O)O)c1. The van der Waals surface area contributed by atoms with Gasteiger partial charge in [-0.05, 0) is 52.9 Å². The van der Waals surface area contributed by atoms with E-state index in [9.17, 15) is 4.79 Å². The topological polar surface area (TPSA) is 49.3 Å². The molecule has 94 valence electrons. The first-order valence-corrected chi connectivity index (χ1v) is 6.48. The van der Waals surface area contributed by atoms with Crippen LogP contribution >= 0.6 is 15.9 Å². The Bertz CT molecular complexity index is 416. The number of aryl methyl sites for hydroxylation is 1. The highest BCUT2D eigenvalue weighted by Crippen LogP contribution is 2.28. The summed E-state index contributed by atoms with van der Waals surface area (Å²) in [6, 6.07) is 3.61. The van der Waals surface area contributed by atoms with Crippen molar-refractivity contribution in [3.63, 3.8) is 0 Å². The van der Waals surface area contributed by atoms with Gasteiger partial charge < -0.3 is 10.4 Å². The van der Waals surface area contributed by atoms with E-state index in [1.807, 2.05) is 13.0 Å². The smallest absolute Gasteiger partial charge is 0.337 e. The first kappa shape index (κ1) is 14.0. The van der Waals surface area contributed by atoms with Crippen LogP contribution in [0.15, 0.2) is 16.6 Å². The van der Waals surface area contributed by atoms with Gasteiger partial charge in [0.15, 0.2) is 0 Å². The van der Waals surface area contributed by atoms with Crippen LogP contribution < -0.4 is 5.32 Å². The molecule has 1 rings (SSSR count). The van der Waals surface area contributed by atoms with Crippen LogP contribution in [-0.4, -0.2) is 17.6 Å².